The van der Waals surface area contributed by atoms with Gasteiger partial charge in [-0.05, 0) is 29.7 Å². The monoisotopic (exact) mass is 452 g/mol. The lowest BCUT2D eigenvalue weighted by Crippen LogP contribution is -2.58. The van der Waals surface area contributed by atoms with E-state index in [1.165, 1.54) is 20.8 Å². The van der Waals surface area contributed by atoms with Crippen molar-refractivity contribution in [1.29, 1.82) is 0 Å². The van der Waals surface area contributed by atoms with Crippen LogP contribution in [0.4, 0.5) is 0 Å². The molecule has 3 aliphatic heterocycles. The van der Waals surface area contributed by atoms with Crippen molar-refractivity contribution in [2.24, 2.45) is 10.5 Å². The number of hydrazone groups is 1. The van der Waals surface area contributed by atoms with Crippen molar-refractivity contribution < 1.29 is 23.9 Å². The highest BCUT2D eigenvalue weighted by atomic mass is 35.5. The average Bonchev–Trinajstić information content (AvgIpc) is 3.05. The lowest BCUT2D eigenvalue weighted by atomic mass is 9.65. The van der Waals surface area contributed by atoms with Crippen molar-refractivity contribution in [3.8, 4) is 0 Å². The standard InChI is InChI=1S/C24H21ClN2O5/c1-13(28)19-18(16-10-6-7-11-17(16)25)24(21(29)31-23(2,3)32-22(24)30)20-15-9-5-4-8-14(15)12-26-27(19)20/h4-12,18-20H,1-3H3/t18-,19-,20?/m0/s1. The minimum atomic E-state index is -1.87. The van der Waals surface area contributed by atoms with Gasteiger partial charge in [0.15, 0.2) is 5.78 Å². The second kappa shape index (κ2) is 6.90. The molecule has 2 fully saturated rings. The summed E-state index contributed by atoms with van der Waals surface area (Å²) in [5, 5.41) is 6.40. The topological polar surface area (TPSA) is 85.3 Å². The van der Waals surface area contributed by atoms with Crippen LogP contribution in [0.3, 0.4) is 0 Å². The van der Waals surface area contributed by atoms with E-state index in [-0.39, 0.29) is 5.78 Å². The Balaban J connectivity index is 1.85. The third-order valence-corrected chi connectivity index (χ3v) is 6.76. The second-order valence-electron chi connectivity index (χ2n) is 8.76. The number of halogens is 1. The van der Waals surface area contributed by atoms with Crippen LogP contribution in [0.5, 0.6) is 0 Å². The smallest absolute Gasteiger partial charge is 0.330 e. The van der Waals surface area contributed by atoms with Crippen LogP contribution in [0.25, 0.3) is 0 Å². The largest absolute Gasteiger partial charge is 0.422 e. The fraction of sp³-hybridized carbons (Fsp3) is 0.333. The number of cyclic esters (lactones) is 2. The molecule has 0 saturated carbocycles. The predicted molar refractivity (Wildman–Crippen MR) is 116 cm³/mol. The van der Waals surface area contributed by atoms with Crippen molar-refractivity contribution in [2.75, 3.05) is 0 Å². The molecule has 0 aliphatic carbocycles. The summed E-state index contributed by atoms with van der Waals surface area (Å²) >= 11 is 6.55. The molecule has 1 unspecified atom stereocenters. The molecule has 164 valence electrons. The van der Waals surface area contributed by atoms with Crippen molar-refractivity contribution >= 4 is 35.5 Å². The van der Waals surface area contributed by atoms with Gasteiger partial charge in [-0.2, -0.15) is 5.10 Å². The molecule has 3 atom stereocenters. The van der Waals surface area contributed by atoms with Gasteiger partial charge in [-0.15, -0.1) is 0 Å². The van der Waals surface area contributed by atoms with Crippen molar-refractivity contribution in [3.63, 3.8) is 0 Å². The molecule has 1 spiro atoms. The first-order chi connectivity index (χ1) is 15.2. The van der Waals surface area contributed by atoms with E-state index < -0.39 is 41.1 Å². The zero-order chi connectivity index (χ0) is 22.8. The minimum absolute atomic E-state index is 0.251. The van der Waals surface area contributed by atoms with Crippen LogP contribution >= 0.6 is 11.6 Å². The summed E-state index contributed by atoms with van der Waals surface area (Å²) < 4.78 is 11.3. The number of benzene rings is 2. The summed E-state index contributed by atoms with van der Waals surface area (Å²) in [5.74, 6) is -4.15. The molecule has 8 heteroatoms. The number of carbonyl (C=O) groups is 3. The molecule has 3 aliphatic rings. The molecule has 0 aromatic heterocycles. The minimum Gasteiger partial charge on any atom is -0.422 e. The Morgan fingerprint density at radius 2 is 1.59 bits per heavy atom. The molecule has 0 radical (unpaired) electrons. The maximum atomic E-state index is 13.8. The van der Waals surface area contributed by atoms with Crippen LogP contribution in [0.15, 0.2) is 53.6 Å². The summed E-state index contributed by atoms with van der Waals surface area (Å²) in [5.41, 5.74) is 0.0627. The SMILES string of the molecule is CC(=O)[C@H]1[C@H](c2ccccc2Cl)C2(C(=O)OC(C)(C)OC2=O)C2c3ccccc3C=NN21. The number of esters is 2. The number of carbonyl (C=O) groups excluding carboxylic acids is 3. The number of hydrogen-bond donors (Lipinski definition) is 0. The normalized spacial score (nSPS) is 26.9. The number of ketones is 1. The van der Waals surface area contributed by atoms with Crippen LogP contribution in [-0.4, -0.2) is 40.8 Å². The highest BCUT2D eigenvalue weighted by Gasteiger charge is 2.75. The first-order valence-corrected chi connectivity index (χ1v) is 10.7. The lowest BCUT2D eigenvalue weighted by Gasteiger charge is -2.44. The Morgan fingerprint density at radius 1 is 1.00 bits per heavy atom. The summed E-state index contributed by atoms with van der Waals surface area (Å²) in [7, 11) is 0. The van der Waals surface area contributed by atoms with Gasteiger partial charge in [0, 0.05) is 24.8 Å². The zero-order valence-electron chi connectivity index (χ0n) is 17.7. The first kappa shape index (κ1) is 20.7. The van der Waals surface area contributed by atoms with Gasteiger partial charge >= 0.3 is 11.9 Å². The number of fused-ring (bicyclic) bond motifs is 4. The van der Waals surface area contributed by atoms with Gasteiger partial charge in [0.25, 0.3) is 5.79 Å². The molecule has 5 rings (SSSR count). The summed E-state index contributed by atoms with van der Waals surface area (Å²) in [6.07, 6.45) is 1.63. The van der Waals surface area contributed by atoms with Gasteiger partial charge < -0.3 is 9.47 Å². The highest BCUT2D eigenvalue weighted by molar-refractivity contribution is 6.31. The van der Waals surface area contributed by atoms with E-state index in [1.807, 2.05) is 24.3 Å². The highest BCUT2D eigenvalue weighted by Crippen LogP contribution is 2.63. The molecule has 2 saturated heterocycles. The molecular weight excluding hydrogens is 432 g/mol. The Labute approximate surface area is 189 Å². The Kier molecular flexibility index (Phi) is 4.47. The van der Waals surface area contributed by atoms with E-state index in [1.54, 1.807) is 35.5 Å². The van der Waals surface area contributed by atoms with Gasteiger partial charge in [-0.3, -0.25) is 19.4 Å². The Bertz CT molecular complexity index is 1170. The molecule has 32 heavy (non-hydrogen) atoms. The maximum Gasteiger partial charge on any atom is 0.330 e. The molecule has 0 amide bonds. The molecule has 2 aromatic rings. The van der Waals surface area contributed by atoms with E-state index in [9.17, 15) is 14.4 Å². The van der Waals surface area contributed by atoms with Crippen LogP contribution in [-0.2, 0) is 23.9 Å². The molecule has 0 N–H and O–H groups in total. The number of hydrogen-bond acceptors (Lipinski definition) is 7. The van der Waals surface area contributed by atoms with Crippen molar-refractivity contribution in [2.45, 2.75) is 44.6 Å². The number of rotatable bonds is 2. The van der Waals surface area contributed by atoms with E-state index >= 15 is 0 Å². The Hall–Kier alpha value is -3.19. The van der Waals surface area contributed by atoms with E-state index in [2.05, 4.69) is 5.10 Å². The molecule has 3 heterocycles. The zero-order valence-corrected chi connectivity index (χ0v) is 18.5. The van der Waals surface area contributed by atoms with Gasteiger partial charge in [0.2, 0.25) is 5.41 Å². The van der Waals surface area contributed by atoms with E-state index in [0.717, 1.165) is 5.56 Å². The van der Waals surface area contributed by atoms with E-state index in [4.69, 9.17) is 21.1 Å². The number of nitrogens with zero attached hydrogens (tertiary/aromatic N) is 2. The molecule has 2 aromatic carbocycles. The fourth-order valence-corrected chi connectivity index (χ4v) is 5.49. The lowest BCUT2D eigenvalue weighted by molar-refractivity contribution is -0.254. The molecular formula is C24H21ClN2O5. The molecule has 0 bridgehead atoms. The quantitative estimate of drug-likeness (QED) is 0.511. The maximum absolute atomic E-state index is 13.8. The van der Waals surface area contributed by atoms with Gasteiger partial charge in [0.1, 0.15) is 12.1 Å². The van der Waals surface area contributed by atoms with Gasteiger partial charge in [-0.25, -0.2) is 0 Å². The third kappa shape index (κ3) is 2.67. The number of Topliss-reactive ketones (excluding diaryl/α,β-unsaturated/α-hetero) is 1. The predicted octanol–water partition coefficient (Wildman–Crippen LogP) is 3.61. The first-order valence-electron chi connectivity index (χ1n) is 10.3. The van der Waals surface area contributed by atoms with Crippen LogP contribution in [0.1, 0.15) is 49.4 Å². The summed E-state index contributed by atoms with van der Waals surface area (Å²) in [6, 6.07) is 12.4. The van der Waals surface area contributed by atoms with Gasteiger partial charge in [0.05, 0.1) is 6.21 Å². The van der Waals surface area contributed by atoms with Gasteiger partial charge in [-0.1, -0.05) is 54.1 Å². The third-order valence-electron chi connectivity index (χ3n) is 6.42. The van der Waals surface area contributed by atoms with Crippen molar-refractivity contribution in [3.05, 3.63) is 70.2 Å². The van der Waals surface area contributed by atoms with E-state index in [0.29, 0.717) is 16.1 Å². The summed E-state index contributed by atoms with van der Waals surface area (Å²) in [4.78, 5) is 40.6. The van der Waals surface area contributed by atoms with Crippen LogP contribution in [0, 0.1) is 5.41 Å². The van der Waals surface area contributed by atoms with Crippen molar-refractivity contribution in [1.82, 2.24) is 5.01 Å². The Morgan fingerprint density at radius 3 is 2.22 bits per heavy atom. The number of ether oxygens (including phenoxy) is 2. The summed E-state index contributed by atoms with van der Waals surface area (Å²) in [6.45, 7) is 4.43. The average molecular weight is 453 g/mol. The van der Waals surface area contributed by atoms with Crippen LogP contribution in [0.2, 0.25) is 5.02 Å². The van der Waals surface area contributed by atoms with Crippen LogP contribution < -0.4 is 0 Å². The molecule has 7 nitrogen and oxygen atoms in total. The second-order valence-corrected chi connectivity index (χ2v) is 9.17. The fourth-order valence-electron chi connectivity index (χ4n) is 5.23.